The summed E-state index contributed by atoms with van der Waals surface area (Å²) in [5.41, 5.74) is 3.68. The van der Waals surface area contributed by atoms with E-state index >= 15 is 0 Å². The first kappa shape index (κ1) is 30.6. The van der Waals surface area contributed by atoms with E-state index in [0.29, 0.717) is 60.3 Å². The Kier molecular flexibility index (Phi) is 9.23. The van der Waals surface area contributed by atoms with E-state index in [1.54, 1.807) is 0 Å². The van der Waals surface area contributed by atoms with E-state index in [9.17, 15) is 19.5 Å². The first-order chi connectivity index (χ1) is 21.3. The van der Waals surface area contributed by atoms with Gasteiger partial charge in [0, 0.05) is 51.0 Å². The van der Waals surface area contributed by atoms with Gasteiger partial charge in [0.2, 0.25) is 11.8 Å². The summed E-state index contributed by atoms with van der Waals surface area (Å²) in [6, 6.07) is 15.4. The molecule has 0 spiro atoms. The van der Waals surface area contributed by atoms with Gasteiger partial charge in [0.05, 0.1) is 25.9 Å². The van der Waals surface area contributed by atoms with Gasteiger partial charge in [-0.3, -0.25) is 19.1 Å². The molecule has 11 heteroatoms. The molecular weight excluding hydrogens is 690 g/mol. The minimum absolute atomic E-state index is 0.00733. The number of benzene rings is 2. The Hall–Kier alpha value is -3.44. The average Bonchev–Trinajstić information content (AvgIpc) is 3.39. The number of phenols is 1. The molecular formula is C33H35Br2N5O4. The maximum atomic E-state index is 14.0. The Morgan fingerprint density at radius 3 is 2.25 bits per heavy atom. The van der Waals surface area contributed by atoms with Crippen LogP contribution in [-0.2, 0) is 16.0 Å². The maximum Gasteiger partial charge on any atom is 0.326 e. The van der Waals surface area contributed by atoms with Crippen molar-refractivity contribution in [1.82, 2.24) is 24.3 Å². The summed E-state index contributed by atoms with van der Waals surface area (Å²) < 4.78 is 2.89. The van der Waals surface area contributed by atoms with E-state index in [1.807, 2.05) is 75.3 Å². The topological polar surface area (TPSA) is 112 Å². The van der Waals surface area contributed by atoms with E-state index in [1.165, 1.54) is 5.56 Å². The maximum absolute atomic E-state index is 14.0. The Balaban J connectivity index is 1.14. The number of likely N-dealkylation sites (tertiary alicyclic amines) is 2. The average molecular weight is 725 g/mol. The molecule has 6 rings (SSSR count). The number of hydrogen-bond donors (Lipinski definition) is 2. The zero-order chi connectivity index (χ0) is 30.8. The number of fused-ring (bicyclic) bond motifs is 1. The number of halogens is 2. The van der Waals surface area contributed by atoms with E-state index in [-0.39, 0.29) is 35.7 Å². The highest BCUT2D eigenvalue weighted by Gasteiger charge is 2.33. The number of imidazole rings is 1. The molecule has 2 N–H and O–H groups in total. The summed E-state index contributed by atoms with van der Waals surface area (Å²) in [4.78, 5) is 51.2. The number of amides is 2. The van der Waals surface area contributed by atoms with Crippen molar-refractivity contribution in [3.8, 4) is 5.75 Å². The van der Waals surface area contributed by atoms with Gasteiger partial charge in [-0.2, -0.15) is 0 Å². The van der Waals surface area contributed by atoms with Crippen molar-refractivity contribution >= 4 is 54.7 Å². The second kappa shape index (κ2) is 13.3. The summed E-state index contributed by atoms with van der Waals surface area (Å²) in [5, 5.41) is 10.2. The minimum Gasteiger partial charge on any atom is -0.506 e. The van der Waals surface area contributed by atoms with Crippen molar-refractivity contribution in [2.24, 2.45) is 5.92 Å². The van der Waals surface area contributed by atoms with Crippen LogP contribution in [0, 0.1) is 5.92 Å². The lowest BCUT2D eigenvalue weighted by molar-refractivity contribution is -0.142. The number of carbonyl (C=O) groups is 2. The predicted molar refractivity (Wildman–Crippen MR) is 176 cm³/mol. The number of nitrogens with one attached hydrogen (secondary N) is 1. The van der Waals surface area contributed by atoms with Gasteiger partial charge >= 0.3 is 5.69 Å². The van der Waals surface area contributed by atoms with E-state index in [4.69, 9.17) is 0 Å². The van der Waals surface area contributed by atoms with E-state index in [0.717, 1.165) is 29.4 Å². The van der Waals surface area contributed by atoms with Crippen molar-refractivity contribution in [3.63, 3.8) is 0 Å². The van der Waals surface area contributed by atoms with Crippen LogP contribution in [0.4, 0.5) is 0 Å². The normalized spacial score (nSPS) is 17.2. The molecule has 2 aliphatic rings. The number of aromatic nitrogens is 3. The van der Waals surface area contributed by atoms with Crippen LogP contribution in [0.15, 0.2) is 74.7 Å². The van der Waals surface area contributed by atoms with Gasteiger partial charge in [-0.05, 0) is 117 Å². The van der Waals surface area contributed by atoms with Crippen molar-refractivity contribution in [2.45, 2.75) is 50.5 Å². The third-order valence-corrected chi connectivity index (χ3v) is 10.3. The number of phenolic OH excluding ortho intramolecular Hbond substituents is 1. The molecule has 2 amide bonds. The number of para-hydroxylation sites is 2. The Morgan fingerprint density at radius 2 is 1.57 bits per heavy atom. The second-order valence-electron chi connectivity index (χ2n) is 11.8. The van der Waals surface area contributed by atoms with Gasteiger partial charge in [0.25, 0.3) is 0 Å². The molecule has 2 aliphatic heterocycles. The molecule has 0 saturated carbocycles. The molecule has 4 aromatic rings. The number of rotatable bonds is 7. The number of carbonyl (C=O) groups excluding carboxylic acids is 2. The fourth-order valence-corrected chi connectivity index (χ4v) is 8.03. The molecule has 0 aliphatic carbocycles. The SMILES string of the molecule is O=C(CC(Cc1cc(Br)c(O)c(Br)c1)C(=O)N1CCC(c2ccncc2)CC1)N1CCC(n2c(=O)[nH]c3ccccc32)CC1. The number of piperidine rings is 2. The molecule has 1 atom stereocenters. The lowest BCUT2D eigenvalue weighted by atomic mass is 9.88. The van der Waals surface area contributed by atoms with Crippen molar-refractivity contribution in [2.75, 3.05) is 26.2 Å². The standard InChI is InChI=1S/C33H35Br2N5O4/c34-26-18-21(19-27(35)31(26)42)17-24(32(43)39-13-7-23(8-14-39)22-5-11-36-12-6-22)20-30(41)38-15-9-25(10-16-38)40-29-4-2-1-3-28(29)37-33(40)44/h1-6,11-12,18-19,23-25,42H,7-10,13-17,20H2,(H,37,44). The second-order valence-corrected chi connectivity index (χ2v) is 13.5. The van der Waals surface area contributed by atoms with Crippen LogP contribution in [0.3, 0.4) is 0 Å². The summed E-state index contributed by atoms with van der Waals surface area (Å²) in [5.74, 6) is -0.0961. The summed E-state index contributed by atoms with van der Waals surface area (Å²) in [7, 11) is 0. The Labute approximate surface area is 272 Å². The van der Waals surface area contributed by atoms with Gasteiger partial charge < -0.3 is 19.9 Å². The van der Waals surface area contributed by atoms with Crippen LogP contribution in [-0.4, -0.2) is 67.4 Å². The molecule has 44 heavy (non-hydrogen) atoms. The van der Waals surface area contributed by atoms with Crippen LogP contribution in [0.2, 0.25) is 0 Å². The van der Waals surface area contributed by atoms with Gasteiger partial charge in [-0.1, -0.05) is 12.1 Å². The number of nitrogens with zero attached hydrogens (tertiary/aromatic N) is 4. The zero-order valence-corrected chi connectivity index (χ0v) is 27.5. The number of pyridine rings is 1. The lowest BCUT2D eigenvalue weighted by Gasteiger charge is -2.36. The smallest absolute Gasteiger partial charge is 0.326 e. The first-order valence-electron chi connectivity index (χ1n) is 15.1. The van der Waals surface area contributed by atoms with Gasteiger partial charge in [0.15, 0.2) is 0 Å². The monoisotopic (exact) mass is 723 g/mol. The summed E-state index contributed by atoms with van der Waals surface area (Å²) >= 11 is 6.81. The van der Waals surface area contributed by atoms with Crippen LogP contribution in [0.1, 0.15) is 55.2 Å². The molecule has 4 heterocycles. The molecule has 230 valence electrons. The summed E-state index contributed by atoms with van der Waals surface area (Å²) in [6.45, 7) is 2.35. The van der Waals surface area contributed by atoms with Crippen molar-refractivity contribution in [3.05, 3.63) is 91.5 Å². The van der Waals surface area contributed by atoms with Crippen molar-refractivity contribution < 1.29 is 14.7 Å². The fourth-order valence-electron chi connectivity index (χ4n) is 6.74. The van der Waals surface area contributed by atoms with E-state index in [2.05, 4.69) is 41.8 Å². The first-order valence-corrected chi connectivity index (χ1v) is 16.7. The zero-order valence-electron chi connectivity index (χ0n) is 24.3. The van der Waals surface area contributed by atoms with Crippen molar-refractivity contribution in [1.29, 1.82) is 0 Å². The van der Waals surface area contributed by atoms with E-state index < -0.39 is 5.92 Å². The highest BCUT2D eigenvalue weighted by atomic mass is 79.9. The molecule has 2 fully saturated rings. The van der Waals surface area contributed by atoms with Crippen LogP contribution >= 0.6 is 31.9 Å². The highest BCUT2D eigenvalue weighted by molar-refractivity contribution is 9.11. The molecule has 1 unspecified atom stereocenters. The summed E-state index contributed by atoms with van der Waals surface area (Å²) in [6.07, 6.45) is 7.19. The number of aromatic hydroxyl groups is 1. The number of H-pyrrole nitrogens is 1. The Bertz CT molecular complexity index is 1680. The largest absolute Gasteiger partial charge is 0.506 e. The fraction of sp³-hybridized carbons (Fsp3) is 0.394. The lowest BCUT2D eigenvalue weighted by Crippen LogP contribution is -2.45. The Morgan fingerprint density at radius 1 is 0.932 bits per heavy atom. The van der Waals surface area contributed by atoms with Crippen LogP contribution in [0.5, 0.6) is 5.75 Å². The third-order valence-electron chi connectivity index (χ3n) is 9.12. The highest BCUT2D eigenvalue weighted by Crippen LogP contribution is 2.35. The third kappa shape index (κ3) is 6.49. The quantitative estimate of drug-likeness (QED) is 0.251. The van der Waals surface area contributed by atoms with Crippen LogP contribution in [0.25, 0.3) is 11.0 Å². The molecule has 9 nitrogen and oxygen atoms in total. The molecule has 2 aromatic carbocycles. The predicted octanol–water partition coefficient (Wildman–Crippen LogP) is 5.77. The van der Waals surface area contributed by atoms with Gasteiger partial charge in [-0.15, -0.1) is 0 Å². The molecule has 0 radical (unpaired) electrons. The molecule has 2 saturated heterocycles. The van der Waals surface area contributed by atoms with Crippen LogP contribution < -0.4 is 5.69 Å². The number of hydrogen-bond acceptors (Lipinski definition) is 5. The molecule has 2 aromatic heterocycles. The molecule has 0 bridgehead atoms. The number of aromatic amines is 1. The minimum atomic E-state index is -0.530. The van der Waals surface area contributed by atoms with Gasteiger partial charge in [-0.25, -0.2) is 4.79 Å². The van der Waals surface area contributed by atoms with Gasteiger partial charge in [0.1, 0.15) is 5.75 Å².